The van der Waals surface area contributed by atoms with Gasteiger partial charge in [-0.05, 0) is 88.8 Å². The van der Waals surface area contributed by atoms with E-state index in [1.165, 1.54) is 6.21 Å². The summed E-state index contributed by atoms with van der Waals surface area (Å²) in [7, 11) is 1.58. The third-order valence-electron chi connectivity index (χ3n) is 7.26. The van der Waals surface area contributed by atoms with Crippen molar-refractivity contribution in [2.45, 2.75) is 26.5 Å². The summed E-state index contributed by atoms with van der Waals surface area (Å²) in [5.74, 6) is 0.618. The standard InChI is InChI=1S/C35H33IN4O6S/c1-4-44-34(42)31-21(2)38-35(47)39-32(31)26-14-7-8-15-28(26)45-20-30(41)40-37-18-22-16-27(36)33(29(17-22)43-3)46-19-24-12-9-11-23-10-5-6-13-25(23)24/h5-18,32H,4,19-20H2,1-3H3,(H,40,41)(H2,38,39,47)/t32-/m0/s1. The second-order valence-corrected chi connectivity index (χ2v) is 11.9. The van der Waals surface area contributed by atoms with Crippen LogP contribution in [0.5, 0.6) is 17.2 Å². The van der Waals surface area contributed by atoms with Gasteiger partial charge in [0.2, 0.25) is 0 Å². The smallest absolute Gasteiger partial charge is 0.338 e. The molecule has 0 fully saturated rings. The third kappa shape index (κ3) is 8.19. The Balaban J connectivity index is 1.22. The summed E-state index contributed by atoms with van der Waals surface area (Å²) in [6.07, 6.45) is 1.52. The van der Waals surface area contributed by atoms with E-state index in [1.54, 1.807) is 45.2 Å². The number of hydrogen-bond donors (Lipinski definition) is 3. The molecule has 0 saturated heterocycles. The van der Waals surface area contributed by atoms with Crippen LogP contribution in [-0.2, 0) is 20.9 Å². The molecule has 3 N–H and O–H groups in total. The zero-order valence-electron chi connectivity index (χ0n) is 26.0. The number of nitrogens with zero attached hydrogens (tertiary/aromatic N) is 1. The molecule has 0 saturated carbocycles. The molecule has 10 nitrogen and oxygen atoms in total. The number of benzene rings is 4. The number of amides is 1. The molecule has 1 heterocycles. The average molecular weight is 765 g/mol. The number of thiocarbonyl (C=S) groups is 1. The van der Waals surface area contributed by atoms with Crippen LogP contribution in [0.15, 0.2) is 95.2 Å². The van der Waals surface area contributed by atoms with Gasteiger partial charge in [0.05, 0.1) is 35.1 Å². The molecule has 0 aromatic heterocycles. The van der Waals surface area contributed by atoms with Gasteiger partial charge < -0.3 is 29.6 Å². The Kier molecular flexibility index (Phi) is 11.3. The minimum absolute atomic E-state index is 0.224. The highest BCUT2D eigenvalue weighted by Gasteiger charge is 2.32. The summed E-state index contributed by atoms with van der Waals surface area (Å²) < 4.78 is 23.8. The molecule has 4 aromatic rings. The van der Waals surface area contributed by atoms with Crippen molar-refractivity contribution in [3.8, 4) is 17.2 Å². The highest BCUT2D eigenvalue weighted by Crippen LogP contribution is 2.35. The van der Waals surface area contributed by atoms with E-state index in [4.69, 9.17) is 31.2 Å². The van der Waals surface area contributed by atoms with Crippen LogP contribution in [0, 0.1) is 3.57 Å². The molecule has 1 aliphatic heterocycles. The Hall–Kier alpha value is -4.69. The molecule has 0 unspecified atom stereocenters. The van der Waals surface area contributed by atoms with Crippen molar-refractivity contribution in [1.29, 1.82) is 0 Å². The molecular weight excluding hydrogens is 731 g/mol. The van der Waals surface area contributed by atoms with Crippen molar-refractivity contribution in [3.63, 3.8) is 0 Å². The highest BCUT2D eigenvalue weighted by atomic mass is 127. The van der Waals surface area contributed by atoms with E-state index in [-0.39, 0.29) is 13.2 Å². The first kappa shape index (κ1) is 33.7. The molecule has 4 aromatic carbocycles. The lowest BCUT2D eigenvalue weighted by Crippen LogP contribution is -2.45. The van der Waals surface area contributed by atoms with E-state index in [9.17, 15) is 9.59 Å². The second-order valence-electron chi connectivity index (χ2n) is 10.4. The molecule has 242 valence electrons. The van der Waals surface area contributed by atoms with Gasteiger partial charge in [-0.25, -0.2) is 10.2 Å². The molecule has 12 heteroatoms. The number of methoxy groups -OCH3 is 1. The minimum Gasteiger partial charge on any atom is -0.493 e. The van der Waals surface area contributed by atoms with Gasteiger partial charge >= 0.3 is 5.97 Å². The largest absolute Gasteiger partial charge is 0.493 e. The van der Waals surface area contributed by atoms with Crippen LogP contribution in [0.1, 0.15) is 36.6 Å². The summed E-state index contributed by atoms with van der Waals surface area (Å²) in [5, 5.41) is 12.8. The fraction of sp³-hybridized carbons (Fsp3) is 0.200. The number of carbonyl (C=O) groups is 2. The van der Waals surface area contributed by atoms with Gasteiger partial charge in [-0.15, -0.1) is 0 Å². The van der Waals surface area contributed by atoms with Crippen LogP contribution in [0.3, 0.4) is 0 Å². The van der Waals surface area contributed by atoms with Crippen molar-refractivity contribution in [3.05, 3.63) is 110 Å². The van der Waals surface area contributed by atoms with Crippen LogP contribution < -0.4 is 30.3 Å². The van der Waals surface area contributed by atoms with E-state index in [2.05, 4.69) is 62.0 Å². The zero-order valence-corrected chi connectivity index (χ0v) is 28.9. The number of fused-ring (bicyclic) bond motifs is 1. The second kappa shape index (κ2) is 15.7. The lowest BCUT2D eigenvalue weighted by Gasteiger charge is -2.30. The third-order valence-corrected chi connectivity index (χ3v) is 8.28. The lowest BCUT2D eigenvalue weighted by atomic mass is 9.95. The Labute approximate surface area is 291 Å². The average Bonchev–Trinajstić information content (AvgIpc) is 3.06. The summed E-state index contributed by atoms with van der Waals surface area (Å²) >= 11 is 7.53. The Morgan fingerprint density at radius 1 is 1.02 bits per heavy atom. The first-order valence-corrected chi connectivity index (χ1v) is 16.2. The van der Waals surface area contributed by atoms with Gasteiger partial charge in [-0.3, -0.25) is 4.79 Å². The molecule has 5 rings (SSSR count). The quantitative estimate of drug-likeness (QED) is 0.0532. The van der Waals surface area contributed by atoms with Crippen LogP contribution in [0.2, 0.25) is 0 Å². The van der Waals surface area contributed by atoms with E-state index < -0.39 is 17.9 Å². The number of hydrogen-bond acceptors (Lipinski definition) is 8. The molecule has 0 radical (unpaired) electrons. The number of esters is 1. The maximum Gasteiger partial charge on any atom is 0.338 e. The summed E-state index contributed by atoms with van der Waals surface area (Å²) in [4.78, 5) is 25.5. The summed E-state index contributed by atoms with van der Waals surface area (Å²) in [5.41, 5.74) is 5.85. The first-order valence-electron chi connectivity index (χ1n) is 14.7. The van der Waals surface area contributed by atoms with Crippen molar-refractivity contribution in [2.75, 3.05) is 20.3 Å². The van der Waals surface area contributed by atoms with Gasteiger partial charge in [-0.2, -0.15) is 5.10 Å². The van der Waals surface area contributed by atoms with Crippen molar-refractivity contribution < 1.29 is 28.5 Å². The molecule has 1 amide bonds. The topological polar surface area (TPSA) is 120 Å². The normalized spacial score (nSPS) is 14.4. The number of ether oxygens (including phenoxy) is 4. The SMILES string of the molecule is CCOC(=O)C1=C(C)NC(=S)N[C@H]1c1ccccc1OCC(=O)NN=Cc1cc(I)c(OCc2cccc3ccccc23)c(OC)c1. The van der Waals surface area contributed by atoms with E-state index in [0.29, 0.717) is 51.4 Å². The highest BCUT2D eigenvalue weighted by molar-refractivity contribution is 14.1. The Bertz CT molecular complexity index is 1870. The number of rotatable bonds is 12. The van der Waals surface area contributed by atoms with E-state index in [1.807, 2.05) is 36.4 Å². The van der Waals surface area contributed by atoms with Crippen molar-refractivity contribution in [2.24, 2.45) is 5.10 Å². The lowest BCUT2D eigenvalue weighted by molar-refractivity contribution is -0.139. The number of hydrazone groups is 1. The van der Waals surface area contributed by atoms with Gasteiger partial charge in [0, 0.05) is 11.3 Å². The van der Waals surface area contributed by atoms with Crippen LogP contribution in [-0.4, -0.2) is 43.5 Å². The Morgan fingerprint density at radius 3 is 2.60 bits per heavy atom. The van der Waals surface area contributed by atoms with Crippen LogP contribution in [0.4, 0.5) is 0 Å². The summed E-state index contributed by atoms with van der Waals surface area (Å²) in [6.45, 7) is 3.78. The van der Waals surface area contributed by atoms with Crippen molar-refractivity contribution >= 4 is 68.8 Å². The van der Waals surface area contributed by atoms with E-state index in [0.717, 1.165) is 19.9 Å². The molecule has 0 aliphatic carbocycles. The summed E-state index contributed by atoms with van der Waals surface area (Å²) in [6, 6.07) is 24.5. The minimum atomic E-state index is -0.628. The molecule has 0 spiro atoms. The van der Waals surface area contributed by atoms with Gasteiger partial charge in [0.1, 0.15) is 12.4 Å². The van der Waals surface area contributed by atoms with Crippen LogP contribution >= 0.6 is 34.8 Å². The molecule has 1 atom stereocenters. The fourth-order valence-corrected chi connectivity index (χ4v) is 6.19. The van der Waals surface area contributed by atoms with E-state index >= 15 is 0 Å². The number of allylic oxidation sites excluding steroid dienone is 1. The van der Waals surface area contributed by atoms with Gasteiger partial charge in [0.25, 0.3) is 5.91 Å². The number of nitrogens with one attached hydrogen (secondary N) is 3. The first-order chi connectivity index (χ1) is 22.8. The fourth-order valence-electron chi connectivity index (χ4n) is 5.13. The van der Waals surface area contributed by atoms with Gasteiger partial charge in [0.15, 0.2) is 23.2 Å². The number of para-hydroxylation sites is 1. The predicted molar refractivity (Wildman–Crippen MR) is 193 cm³/mol. The van der Waals surface area contributed by atoms with Crippen LogP contribution in [0.25, 0.3) is 10.8 Å². The molecule has 0 bridgehead atoms. The monoisotopic (exact) mass is 764 g/mol. The van der Waals surface area contributed by atoms with Crippen molar-refractivity contribution in [1.82, 2.24) is 16.1 Å². The van der Waals surface area contributed by atoms with Gasteiger partial charge in [-0.1, -0.05) is 60.7 Å². The predicted octanol–water partition coefficient (Wildman–Crippen LogP) is 5.92. The number of halogens is 1. The maximum absolute atomic E-state index is 12.8. The molecule has 47 heavy (non-hydrogen) atoms. The maximum atomic E-state index is 12.8. The Morgan fingerprint density at radius 2 is 1.79 bits per heavy atom. The zero-order chi connectivity index (χ0) is 33.3. The number of carbonyl (C=O) groups excluding carboxylic acids is 2. The molecule has 1 aliphatic rings. The molecular formula is C35H33IN4O6S.